The Bertz CT molecular complexity index is 990. The van der Waals surface area contributed by atoms with Crippen LogP contribution in [0.1, 0.15) is 5.56 Å². The third-order valence-electron chi connectivity index (χ3n) is 3.13. The van der Waals surface area contributed by atoms with Crippen LogP contribution in [0.2, 0.25) is 0 Å². The van der Waals surface area contributed by atoms with E-state index in [1.165, 1.54) is 35.6 Å². The quantitative estimate of drug-likeness (QED) is 0.359. The Morgan fingerprint density at radius 1 is 0.963 bits per heavy atom. The molecule has 1 N–H and O–H groups in total. The fourth-order valence-corrected chi connectivity index (χ4v) is 2.43. The Kier molecular flexibility index (Phi) is 5.40. The number of alkyl halides is 6. The van der Waals surface area contributed by atoms with Crippen molar-refractivity contribution in [1.29, 1.82) is 0 Å². The second-order valence-corrected chi connectivity index (χ2v) is 6.53. The zero-order valence-corrected chi connectivity index (χ0v) is 13.7. The summed E-state index contributed by atoms with van der Waals surface area (Å²) in [6, 6.07) is 9.93. The Morgan fingerprint density at radius 3 is 2.15 bits per heavy atom. The average molecular weight is 413 g/mol. The molecule has 0 fully saturated rings. The molecular weight excluding hydrogens is 404 g/mol. The van der Waals surface area contributed by atoms with Crippen LogP contribution >= 0.6 is 0 Å². The van der Waals surface area contributed by atoms with Gasteiger partial charge in [-0.05, 0) is 10.8 Å². The fraction of sp³-hybridized carbons (Fsp3) is 0.133. The van der Waals surface area contributed by atoms with Gasteiger partial charge in [-0.15, -0.1) is 0 Å². The summed E-state index contributed by atoms with van der Waals surface area (Å²) in [5.41, 5.74) is -6.10. The van der Waals surface area contributed by atoms with Crippen molar-refractivity contribution in [3.05, 3.63) is 54.2 Å². The zero-order valence-electron chi connectivity index (χ0n) is 12.9. The second kappa shape index (κ2) is 7.10. The summed E-state index contributed by atoms with van der Waals surface area (Å²) in [7, 11) is -6.20. The highest BCUT2D eigenvalue weighted by atomic mass is 32.2. The standard InChI is InChI=1S/C15H9F6NO4S/c16-14(17,18)13(23)22-8-12(26-27(24,25)15(19,20)21)11-7-3-5-9-4-1-2-6-10(9)11/h1-8H,(H,22,23)/b12-8-. The number of hydrogen-bond acceptors (Lipinski definition) is 4. The van der Waals surface area contributed by atoms with Crippen LogP contribution in [0, 0.1) is 0 Å². The lowest BCUT2D eigenvalue weighted by atomic mass is 10.0. The molecular formula is C15H9F6NO4S. The molecule has 0 bridgehead atoms. The maximum absolute atomic E-state index is 12.6. The van der Waals surface area contributed by atoms with Gasteiger partial charge in [0.1, 0.15) is 0 Å². The Hall–Kier alpha value is -2.76. The Morgan fingerprint density at radius 2 is 1.56 bits per heavy atom. The van der Waals surface area contributed by atoms with Crippen molar-refractivity contribution in [2.75, 3.05) is 0 Å². The molecule has 0 saturated carbocycles. The van der Waals surface area contributed by atoms with Crippen molar-refractivity contribution >= 4 is 32.6 Å². The fourth-order valence-electron chi connectivity index (χ4n) is 1.97. The maximum atomic E-state index is 12.6. The van der Waals surface area contributed by atoms with Gasteiger partial charge in [0.2, 0.25) is 0 Å². The summed E-state index contributed by atoms with van der Waals surface area (Å²) in [4.78, 5) is 10.9. The minimum atomic E-state index is -6.20. The first kappa shape index (κ1) is 20.6. The van der Waals surface area contributed by atoms with Crippen molar-refractivity contribution in [2.45, 2.75) is 11.7 Å². The lowest BCUT2D eigenvalue weighted by Gasteiger charge is -2.15. The van der Waals surface area contributed by atoms with Crippen LogP contribution in [0.25, 0.3) is 16.5 Å². The monoisotopic (exact) mass is 413 g/mol. The molecule has 5 nitrogen and oxygen atoms in total. The van der Waals surface area contributed by atoms with Crippen LogP contribution in [0.4, 0.5) is 26.3 Å². The van der Waals surface area contributed by atoms with Crippen LogP contribution in [-0.4, -0.2) is 26.0 Å². The highest BCUT2D eigenvalue weighted by Gasteiger charge is 2.49. The number of fused-ring (bicyclic) bond motifs is 1. The lowest BCUT2D eigenvalue weighted by Crippen LogP contribution is -2.34. The highest BCUT2D eigenvalue weighted by molar-refractivity contribution is 7.87. The molecule has 0 atom stereocenters. The molecule has 0 aliphatic carbocycles. The number of amides is 1. The number of rotatable bonds is 4. The van der Waals surface area contributed by atoms with E-state index in [-0.39, 0.29) is 17.1 Å². The molecule has 0 radical (unpaired) electrons. The van der Waals surface area contributed by atoms with Crippen LogP contribution < -0.4 is 5.32 Å². The predicted octanol–water partition coefficient (Wildman–Crippen LogP) is 3.68. The number of nitrogens with one attached hydrogen (secondary N) is 1. The van der Waals surface area contributed by atoms with Gasteiger partial charge in [-0.3, -0.25) is 4.79 Å². The Labute approximate surface area is 148 Å². The summed E-state index contributed by atoms with van der Waals surface area (Å²) < 4.78 is 101. The van der Waals surface area contributed by atoms with Gasteiger partial charge in [0, 0.05) is 11.8 Å². The molecule has 1 amide bonds. The van der Waals surface area contributed by atoms with Gasteiger partial charge in [-0.2, -0.15) is 34.8 Å². The Balaban J connectivity index is 2.58. The van der Waals surface area contributed by atoms with Gasteiger partial charge < -0.3 is 9.50 Å². The number of halogens is 6. The first-order chi connectivity index (χ1) is 12.3. The molecule has 12 heteroatoms. The van der Waals surface area contributed by atoms with Gasteiger partial charge >= 0.3 is 27.7 Å². The molecule has 0 aliphatic rings. The SMILES string of the molecule is O=C(N/C=C(\OS(=O)(=O)C(F)(F)F)c1cccc2ccccc12)C(F)(F)F. The van der Waals surface area contributed by atoms with Crippen LogP contribution in [0.5, 0.6) is 0 Å². The van der Waals surface area contributed by atoms with Crippen molar-refractivity contribution in [1.82, 2.24) is 5.32 Å². The summed E-state index contributed by atoms with van der Waals surface area (Å²) in [6.45, 7) is 0. The number of benzene rings is 2. The van der Waals surface area contributed by atoms with Crippen molar-refractivity contribution in [2.24, 2.45) is 0 Å². The van der Waals surface area contributed by atoms with E-state index in [2.05, 4.69) is 4.18 Å². The molecule has 27 heavy (non-hydrogen) atoms. The predicted molar refractivity (Wildman–Crippen MR) is 82.2 cm³/mol. The van der Waals surface area contributed by atoms with E-state index in [9.17, 15) is 39.6 Å². The van der Waals surface area contributed by atoms with Crippen LogP contribution in [-0.2, 0) is 19.1 Å². The minimum Gasteiger partial charge on any atom is -0.374 e. The van der Waals surface area contributed by atoms with E-state index in [0.717, 1.165) is 6.07 Å². The topological polar surface area (TPSA) is 72.5 Å². The molecule has 146 valence electrons. The first-order valence-electron chi connectivity index (χ1n) is 6.89. The molecule has 0 spiro atoms. The van der Waals surface area contributed by atoms with E-state index >= 15 is 0 Å². The van der Waals surface area contributed by atoms with Gasteiger partial charge in [-0.25, -0.2) is 0 Å². The third kappa shape index (κ3) is 4.70. The largest absolute Gasteiger partial charge is 0.534 e. The van der Waals surface area contributed by atoms with E-state index < -0.39 is 33.5 Å². The van der Waals surface area contributed by atoms with Gasteiger partial charge in [-0.1, -0.05) is 42.5 Å². The van der Waals surface area contributed by atoms with Gasteiger partial charge in [0.15, 0.2) is 5.76 Å². The van der Waals surface area contributed by atoms with Crippen molar-refractivity contribution in [3.63, 3.8) is 0 Å². The number of hydrogen-bond donors (Lipinski definition) is 1. The molecule has 0 aromatic heterocycles. The van der Waals surface area contributed by atoms with E-state index in [1.54, 1.807) is 6.07 Å². The second-order valence-electron chi connectivity index (χ2n) is 4.99. The first-order valence-corrected chi connectivity index (χ1v) is 8.30. The van der Waals surface area contributed by atoms with Crippen molar-refractivity contribution in [3.8, 4) is 0 Å². The maximum Gasteiger partial charge on any atom is 0.534 e. The molecule has 2 aromatic carbocycles. The minimum absolute atomic E-state index is 0.112. The van der Waals surface area contributed by atoms with E-state index in [1.807, 2.05) is 0 Å². The van der Waals surface area contributed by atoms with E-state index in [0.29, 0.717) is 5.39 Å². The third-order valence-corrected chi connectivity index (χ3v) is 4.10. The van der Waals surface area contributed by atoms with Crippen LogP contribution in [0.15, 0.2) is 48.7 Å². The summed E-state index contributed by atoms with van der Waals surface area (Å²) in [5.74, 6) is -3.66. The van der Waals surface area contributed by atoms with Gasteiger partial charge in [0.25, 0.3) is 0 Å². The molecule has 0 saturated heterocycles. The molecule has 0 unspecified atom stereocenters. The van der Waals surface area contributed by atoms with Crippen LogP contribution in [0.3, 0.4) is 0 Å². The summed E-state index contributed by atoms with van der Waals surface area (Å²) in [6.07, 6.45) is -5.23. The average Bonchev–Trinajstić information content (AvgIpc) is 2.55. The zero-order chi connectivity index (χ0) is 20.5. The van der Waals surface area contributed by atoms with Crippen molar-refractivity contribution < 1.29 is 43.7 Å². The van der Waals surface area contributed by atoms with E-state index in [4.69, 9.17) is 0 Å². The molecule has 2 rings (SSSR count). The molecule has 2 aromatic rings. The summed E-state index contributed by atoms with van der Waals surface area (Å²) in [5, 5.41) is 1.80. The summed E-state index contributed by atoms with van der Waals surface area (Å²) >= 11 is 0. The van der Waals surface area contributed by atoms with Gasteiger partial charge in [0.05, 0.1) is 0 Å². The number of carbonyl (C=O) groups is 1. The normalized spacial score (nSPS) is 13.5. The smallest absolute Gasteiger partial charge is 0.374 e. The lowest BCUT2D eigenvalue weighted by molar-refractivity contribution is -0.172. The number of carbonyl (C=O) groups excluding carboxylic acids is 1. The molecule has 0 heterocycles. The molecule has 0 aliphatic heterocycles. The highest BCUT2D eigenvalue weighted by Crippen LogP contribution is 2.32.